The smallest absolute Gasteiger partial charge is 0.264 e. The minimum atomic E-state index is -0.138. The van der Waals surface area contributed by atoms with Gasteiger partial charge >= 0.3 is 0 Å². The number of nitrogens with zero attached hydrogens (tertiary/aromatic N) is 2. The van der Waals surface area contributed by atoms with Gasteiger partial charge in [0.25, 0.3) is 5.91 Å². The molecule has 4 nitrogen and oxygen atoms in total. The number of amides is 1. The summed E-state index contributed by atoms with van der Waals surface area (Å²) in [5.74, 6) is -0.138. The lowest BCUT2D eigenvalue weighted by Crippen LogP contribution is -2.19. The second kappa shape index (κ2) is 7.50. The third-order valence-electron chi connectivity index (χ3n) is 4.15. The van der Waals surface area contributed by atoms with E-state index in [0.717, 1.165) is 33.1 Å². The van der Waals surface area contributed by atoms with Crippen molar-refractivity contribution in [3.63, 3.8) is 0 Å². The number of carbonyl (C=O) groups excluding carboxylic acids is 1. The average molecular weight is 392 g/mol. The number of aliphatic imine (C=N–C) groups is 1. The third kappa shape index (κ3) is 3.86. The largest absolute Gasteiger partial charge is 0.300 e. The van der Waals surface area contributed by atoms with Crippen LogP contribution >= 0.6 is 23.1 Å². The number of rotatable bonds is 3. The Bertz CT molecular complexity index is 1050. The molecule has 1 aliphatic heterocycles. The van der Waals surface area contributed by atoms with E-state index >= 15 is 0 Å². The van der Waals surface area contributed by atoms with Crippen LogP contribution in [0.3, 0.4) is 0 Å². The molecule has 1 aromatic heterocycles. The number of amidine groups is 1. The molecule has 1 aliphatic rings. The zero-order valence-corrected chi connectivity index (χ0v) is 16.5. The van der Waals surface area contributed by atoms with E-state index in [4.69, 9.17) is 0 Å². The number of thioether (sulfide) groups is 1. The van der Waals surface area contributed by atoms with Crippen molar-refractivity contribution < 1.29 is 4.79 Å². The Labute approximate surface area is 166 Å². The van der Waals surface area contributed by atoms with E-state index in [9.17, 15) is 4.79 Å². The molecule has 1 fully saturated rings. The van der Waals surface area contributed by atoms with Crippen LogP contribution in [0.5, 0.6) is 0 Å². The Hall–Kier alpha value is -2.70. The van der Waals surface area contributed by atoms with E-state index in [0.29, 0.717) is 10.1 Å². The summed E-state index contributed by atoms with van der Waals surface area (Å²) in [6.07, 6.45) is 1.82. The second-order valence-electron chi connectivity index (χ2n) is 6.16. The van der Waals surface area contributed by atoms with Crippen LogP contribution in [0.4, 0.5) is 5.69 Å². The van der Waals surface area contributed by atoms with Gasteiger partial charge in [0.2, 0.25) is 0 Å². The minimum Gasteiger partial charge on any atom is -0.300 e. The third-order valence-corrected chi connectivity index (χ3v) is 5.85. The molecule has 3 aromatic rings. The summed E-state index contributed by atoms with van der Waals surface area (Å²) >= 11 is 2.87. The second-order valence-corrected chi connectivity index (χ2v) is 8.08. The maximum Gasteiger partial charge on any atom is 0.264 e. The number of thiazole rings is 1. The van der Waals surface area contributed by atoms with E-state index in [1.165, 1.54) is 23.1 Å². The van der Waals surface area contributed by atoms with Crippen LogP contribution in [0.25, 0.3) is 17.3 Å². The van der Waals surface area contributed by atoms with Gasteiger partial charge in [0, 0.05) is 10.9 Å². The van der Waals surface area contributed by atoms with Gasteiger partial charge in [-0.1, -0.05) is 48.5 Å². The van der Waals surface area contributed by atoms with Gasteiger partial charge in [0.05, 0.1) is 16.3 Å². The van der Waals surface area contributed by atoms with Crippen molar-refractivity contribution in [3.05, 3.63) is 75.0 Å². The van der Waals surface area contributed by atoms with Crippen molar-refractivity contribution in [3.8, 4) is 11.3 Å². The zero-order chi connectivity index (χ0) is 18.8. The van der Waals surface area contributed by atoms with E-state index in [1.807, 2.05) is 73.8 Å². The van der Waals surface area contributed by atoms with Gasteiger partial charge in [-0.2, -0.15) is 0 Å². The SMILES string of the molecule is Cc1cccc(C)c1N=C1NC(=O)C(=Cc2nc(-c3ccccc3)cs2)S1. The first-order chi connectivity index (χ1) is 13.1. The molecule has 134 valence electrons. The Balaban J connectivity index is 1.58. The summed E-state index contributed by atoms with van der Waals surface area (Å²) in [5.41, 5.74) is 5.06. The van der Waals surface area contributed by atoms with Crippen molar-refractivity contribution in [1.29, 1.82) is 0 Å². The van der Waals surface area contributed by atoms with Gasteiger partial charge < -0.3 is 5.32 Å². The number of aromatic nitrogens is 1. The quantitative estimate of drug-likeness (QED) is 0.615. The number of nitrogens with one attached hydrogen (secondary N) is 1. The van der Waals surface area contributed by atoms with Crippen LogP contribution in [0, 0.1) is 13.8 Å². The fraction of sp³-hybridized carbons (Fsp3) is 0.0952. The van der Waals surface area contributed by atoms with Crippen LogP contribution in [0.2, 0.25) is 0 Å². The Morgan fingerprint density at radius 2 is 1.78 bits per heavy atom. The monoisotopic (exact) mass is 391 g/mol. The fourth-order valence-corrected chi connectivity index (χ4v) is 4.41. The molecular weight excluding hydrogens is 374 g/mol. The Morgan fingerprint density at radius 1 is 1.04 bits per heavy atom. The predicted octanol–water partition coefficient (Wildman–Crippen LogP) is 5.32. The molecule has 0 radical (unpaired) electrons. The maximum absolute atomic E-state index is 12.3. The molecule has 0 aliphatic carbocycles. The topological polar surface area (TPSA) is 54.4 Å². The van der Waals surface area contributed by atoms with Crippen molar-refractivity contribution >= 4 is 45.9 Å². The highest BCUT2D eigenvalue weighted by Crippen LogP contribution is 2.31. The first-order valence-electron chi connectivity index (χ1n) is 8.47. The fourth-order valence-electron chi connectivity index (χ4n) is 2.77. The van der Waals surface area contributed by atoms with E-state index < -0.39 is 0 Å². The first kappa shape index (κ1) is 17.7. The maximum atomic E-state index is 12.3. The standard InChI is InChI=1S/C21H17N3OS2/c1-13-7-6-8-14(2)19(13)23-21-24-20(25)17(27-21)11-18-22-16(12-26-18)15-9-4-3-5-10-15/h3-12H,1-2H3,(H,23,24,25). The average Bonchev–Trinajstić information content (AvgIpc) is 3.26. The van der Waals surface area contributed by atoms with Crippen molar-refractivity contribution in [2.24, 2.45) is 4.99 Å². The summed E-state index contributed by atoms with van der Waals surface area (Å²) in [6, 6.07) is 16.1. The molecule has 1 saturated heterocycles. The summed E-state index contributed by atoms with van der Waals surface area (Å²) in [4.78, 5) is 22.2. The molecule has 0 bridgehead atoms. The minimum absolute atomic E-state index is 0.138. The molecule has 1 N–H and O–H groups in total. The summed E-state index contributed by atoms with van der Waals surface area (Å²) in [6.45, 7) is 4.04. The number of hydrogen-bond acceptors (Lipinski definition) is 5. The number of carbonyl (C=O) groups is 1. The normalized spacial score (nSPS) is 16.9. The summed E-state index contributed by atoms with van der Waals surface area (Å²) < 4.78 is 0. The first-order valence-corrected chi connectivity index (χ1v) is 10.2. The number of benzene rings is 2. The highest BCUT2D eigenvalue weighted by atomic mass is 32.2. The predicted molar refractivity (Wildman–Crippen MR) is 114 cm³/mol. The molecule has 2 aromatic carbocycles. The van der Waals surface area contributed by atoms with Gasteiger partial charge in [0.1, 0.15) is 5.01 Å². The van der Waals surface area contributed by atoms with E-state index in [2.05, 4.69) is 15.3 Å². The van der Waals surface area contributed by atoms with Crippen molar-refractivity contribution in [2.75, 3.05) is 0 Å². The molecule has 27 heavy (non-hydrogen) atoms. The van der Waals surface area contributed by atoms with Gasteiger partial charge in [-0.25, -0.2) is 9.98 Å². The Morgan fingerprint density at radius 3 is 2.52 bits per heavy atom. The highest BCUT2D eigenvalue weighted by Gasteiger charge is 2.24. The van der Waals surface area contributed by atoms with Crippen LogP contribution in [0.15, 0.2) is 63.8 Å². The van der Waals surface area contributed by atoms with Gasteiger partial charge in [-0.15, -0.1) is 11.3 Å². The summed E-state index contributed by atoms with van der Waals surface area (Å²) in [7, 11) is 0. The van der Waals surface area contributed by atoms with Crippen molar-refractivity contribution in [2.45, 2.75) is 13.8 Å². The lowest BCUT2D eigenvalue weighted by molar-refractivity contribution is -0.115. The van der Waals surface area contributed by atoms with Gasteiger partial charge in [-0.3, -0.25) is 4.79 Å². The van der Waals surface area contributed by atoms with Gasteiger partial charge in [-0.05, 0) is 42.8 Å². The number of hydrogen-bond donors (Lipinski definition) is 1. The molecule has 0 atom stereocenters. The number of aryl methyl sites for hydroxylation is 2. The van der Waals surface area contributed by atoms with Crippen LogP contribution in [-0.2, 0) is 4.79 Å². The van der Waals surface area contributed by atoms with E-state index in [1.54, 1.807) is 0 Å². The van der Waals surface area contributed by atoms with Crippen molar-refractivity contribution in [1.82, 2.24) is 10.3 Å². The van der Waals surface area contributed by atoms with Crippen LogP contribution in [0.1, 0.15) is 16.1 Å². The summed E-state index contributed by atoms with van der Waals surface area (Å²) in [5, 5.41) is 6.26. The lowest BCUT2D eigenvalue weighted by atomic mass is 10.1. The lowest BCUT2D eigenvalue weighted by Gasteiger charge is -2.04. The molecule has 0 spiro atoms. The molecule has 0 saturated carbocycles. The molecule has 2 heterocycles. The highest BCUT2D eigenvalue weighted by molar-refractivity contribution is 8.18. The Kier molecular flexibility index (Phi) is 4.92. The number of para-hydroxylation sites is 1. The molecule has 4 rings (SSSR count). The molecular formula is C21H17N3OS2. The zero-order valence-electron chi connectivity index (χ0n) is 14.9. The molecule has 0 unspecified atom stereocenters. The van der Waals surface area contributed by atoms with Crippen LogP contribution < -0.4 is 5.32 Å². The van der Waals surface area contributed by atoms with E-state index in [-0.39, 0.29) is 5.91 Å². The molecule has 1 amide bonds. The van der Waals surface area contributed by atoms with Gasteiger partial charge in [0.15, 0.2) is 5.17 Å². The molecule has 6 heteroatoms. The van der Waals surface area contributed by atoms with Crippen LogP contribution in [-0.4, -0.2) is 16.1 Å².